The van der Waals surface area contributed by atoms with Crippen molar-refractivity contribution in [1.82, 2.24) is 4.90 Å². The number of hydrogen-bond donors (Lipinski definition) is 0. The van der Waals surface area contributed by atoms with Crippen molar-refractivity contribution < 1.29 is 23.9 Å². The first-order valence-corrected chi connectivity index (χ1v) is 6.90. The smallest absolute Gasteiger partial charge is 0.312 e. The van der Waals surface area contributed by atoms with Gasteiger partial charge in [-0.1, -0.05) is 0 Å². The van der Waals surface area contributed by atoms with Crippen LogP contribution in [0, 0.1) is 11.8 Å². The van der Waals surface area contributed by atoms with Crippen molar-refractivity contribution in [2.75, 3.05) is 20.2 Å². The highest BCUT2D eigenvalue weighted by atomic mass is 16.6. The van der Waals surface area contributed by atoms with Crippen molar-refractivity contribution in [1.29, 1.82) is 0 Å². The van der Waals surface area contributed by atoms with E-state index in [1.807, 2.05) is 0 Å². The van der Waals surface area contributed by atoms with Crippen molar-refractivity contribution in [2.24, 2.45) is 11.8 Å². The number of likely N-dealkylation sites (tertiary alicyclic amines) is 1. The largest absolute Gasteiger partial charge is 0.469 e. The summed E-state index contributed by atoms with van der Waals surface area (Å²) in [6, 6.07) is 0. The van der Waals surface area contributed by atoms with Gasteiger partial charge in [-0.2, -0.15) is 0 Å². The van der Waals surface area contributed by atoms with Crippen molar-refractivity contribution in [3.63, 3.8) is 0 Å². The Balaban J connectivity index is 2.44. The van der Waals surface area contributed by atoms with E-state index in [9.17, 15) is 14.4 Å². The molecular weight excluding hydrogens is 262 g/mol. The van der Waals surface area contributed by atoms with Gasteiger partial charge in [0.25, 0.3) is 0 Å². The molecule has 0 N–H and O–H groups in total. The molecule has 1 heterocycles. The Labute approximate surface area is 119 Å². The first kappa shape index (κ1) is 16.5. The van der Waals surface area contributed by atoms with E-state index in [-0.39, 0.29) is 17.8 Å². The fourth-order valence-corrected chi connectivity index (χ4v) is 2.19. The van der Waals surface area contributed by atoms with Crippen LogP contribution in [0.25, 0.3) is 0 Å². The lowest BCUT2D eigenvalue weighted by Crippen LogP contribution is -2.40. The van der Waals surface area contributed by atoms with Gasteiger partial charge >= 0.3 is 11.9 Å². The summed E-state index contributed by atoms with van der Waals surface area (Å²) in [7, 11) is 1.31. The second kappa shape index (κ2) is 7.26. The lowest BCUT2D eigenvalue weighted by molar-refractivity contribution is -0.163. The maximum Gasteiger partial charge on any atom is 0.312 e. The third-order valence-electron chi connectivity index (χ3n) is 3.85. The van der Waals surface area contributed by atoms with Crippen LogP contribution in [-0.2, 0) is 23.9 Å². The second-order valence-corrected chi connectivity index (χ2v) is 5.23. The zero-order chi connectivity index (χ0) is 15.3. The lowest BCUT2D eigenvalue weighted by Gasteiger charge is -2.31. The number of carbonyl (C=O) groups is 3. The SMILES string of the molecule is COC(=O)[C@@H](C)[C@@H](C)OC(=O)C1CCN(C(C)=O)CC1. The van der Waals surface area contributed by atoms with Gasteiger partial charge in [0.15, 0.2) is 0 Å². The summed E-state index contributed by atoms with van der Waals surface area (Å²) in [6.07, 6.45) is 0.705. The van der Waals surface area contributed by atoms with Crippen LogP contribution in [0.5, 0.6) is 0 Å². The van der Waals surface area contributed by atoms with Gasteiger partial charge in [0.1, 0.15) is 6.10 Å². The van der Waals surface area contributed by atoms with Crippen LogP contribution in [0.15, 0.2) is 0 Å². The molecule has 0 aromatic rings. The molecule has 0 spiro atoms. The molecule has 1 rings (SSSR count). The van der Waals surface area contributed by atoms with Gasteiger partial charge in [0, 0.05) is 20.0 Å². The highest BCUT2D eigenvalue weighted by molar-refractivity contribution is 5.76. The molecule has 0 radical (unpaired) electrons. The van der Waals surface area contributed by atoms with Gasteiger partial charge in [0.05, 0.1) is 18.9 Å². The maximum atomic E-state index is 12.0. The predicted molar refractivity (Wildman–Crippen MR) is 71.7 cm³/mol. The number of esters is 2. The van der Waals surface area contributed by atoms with Crippen LogP contribution < -0.4 is 0 Å². The van der Waals surface area contributed by atoms with E-state index in [1.54, 1.807) is 18.7 Å². The van der Waals surface area contributed by atoms with E-state index >= 15 is 0 Å². The van der Waals surface area contributed by atoms with Crippen LogP contribution in [-0.4, -0.2) is 49.0 Å². The number of rotatable bonds is 4. The molecule has 2 atom stereocenters. The number of hydrogen-bond acceptors (Lipinski definition) is 5. The number of amides is 1. The Bertz CT molecular complexity index is 374. The number of piperidine rings is 1. The van der Waals surface area contributed by atoms with Crippen molar-refractivity contribution in [3.8, 4) is 0 Å². The standard InChI is InChI=1S/C14H23NO5/c1-9(13(17)19-4)10(2)20-14(18)12-5-7-15(8-6-12)11(3)16/h9-10,12H,5-8H2,1-4H3/t9-,10+/m0/s1. The van der Waals surface area contributed by atoms with E-state index < -0.39 is 18.0 Å². The Morgan fingerprint density at radius 1 is 1.15 bits per heavy atom. The average molecular weight is 285 g/mol. The molecule has 1 aliphatic heterocycles. The minimum absolute atomic E-state index is 0.0319. The Morgan fingerprint density at radius 3 is 2.15 bits per heavy atom. The van der Waals surface area contributed by atoms with Crippen molar-refractivity contribution in [2.45, 2.75) is 39.7 Å². The minimum Gasteiger partial charge on any atom is -0.469 e. The number of ether oxygens (including phenoxy) is 2. The zero-order valence-corrected chi connectivity index (χ0v) is 12.5. The van der Waals surface area contributed by atoms with Crippen molar-refractivity contribution >= 4 is 17.8 Å². The van der Waals surface area contributed by atoms with Gasteiger partial charge in [-0.3, -0.25) is 14.4 Å². The Morgan fingerprint density at radius 2 is 1.70 bits per heavy atom. The normalized spacial score (nSPS) is 19.1. The molecule has 0 aromatic heterocycles. The van der Waals surface area contributed by atoms with Crippen LogP contribution in [0.1, 0.15) is 33.6 Å². The van der Waals surface area contributed by atoms with E-state index in [0.717, 1.165) is 0 Å². The monoisotopic (exact) mass is 285 g/mol. The fourth-order valence-electron chi connectivity index (χ4n) is 2.19. The highest BCUT2D eigenvalue weighted by Gasteiger charge is 2.30. The van der Waals surface area contributed by atoms with Crippen molar-refractivity contribution in [3.05, 3.63) is 0 Å². The van der Waals surface area contributed by atoms with E-state index in [2.05, 4.69) is 4.74 Å². The quantitative estimate of drug-likeness (QED) is 0.720. The van der Waals surface area contributed by atoms with Gasteiger partial charge in [0.2, 0.25) is 5.91 Å². The van der Waals surface area contributed by atoms with Gasteiger partial charge in [-0.15, -0.1) is 0 Å². The first-order valence-electron chi connectivity index (χ1n) is 6.90. The molecule has 114 valence electrons. The van der Waals surface area contributed by atoms with Crippen LogP contribution in [0.2, 0.25) is 0 Å². The molecule has 0 saturated carbocycles. The molecule has 1 fully saturated rings. The molecule has 6 nitrogen and oxygen atoms in total. The van der Waals surface area contributed by atoms with Gasteiger partial charge < -0.3 is 14.4 Å². The van der Waals surface area contributed by atoms with Crippen LogP contribution in [0.3, 0.4) is 0 Å². The highest BCUT2D eigenvalue weighted by Crippen LogP contribution is 2.20. The second-order valence-electron chi connectivity index (χ2n) is 5.23. The molecule has 1 saturated heterocycles. The molecule has 20 heavy (non-hydrogen) atoms. The number of nitrogens with zero attached hydrogens (tertiary/aromatic N) is 1. The molecule has 1 amide bonds. The van der Waals surface area contributed by atoms with Crippen LogP contribution >= 0.6 is 0 Å². The van der Waals surface area contributed by atoms with Crippen LogP contribution in [0.4, 0.5) is 0 Å². The molecule has 0 aromatic carbocycles. The minimum atomic E-state index is -0.513. The summed E-state index contributed by atoms with van der Waals surface area (Å²) in [5, 5.41) is 0. The van der Waals surface area contributed by atoms with E-state index in [0.29, 0.717) is 25.9 Å². The summed E-state index contributed by atoms with van der Waals surface area (Å²) < 4.78 is 9.95. The predicted octanol–water partition coefficient (Wildman–Crippen LogP) is 0.986. The third-order valence-corrected chi connectivity index (χ3v) is 3.85. The number of methoxy groups -OCH3 is 1. The zero-order valence-electron chi connectivity index (χ0n) is 12.5. The topological polar surface area (TPSA) is 72.9 Å². The summed E-state index contributed by atoms with van der Waals surface area (Å²) >= 11 is 0. The lowest BCUT2D eigenvalue weighted by atomic mass is 9.96. The molecule has 1 aliphatic rings. The third kappa shape index (κ3) is 4.21. The average Bonchev–Trinajstić information content (AvgIpc) is 2.45. The summed E-state index contributed by atoms with van der Waals surface area (Å²) in [5.74, 6) is -1.34. The Kier molecular flexibility index (Phi) is 5.98. The molecule has 0 aliphatic carbocycles. The first-order chi connectivity index (χ1) is 9.36. The van der Waals surface area contributed by atoms with Gasteiger partial charge in [-0.25, -0.2) is 0 Å². The summed E-state index contributed by atoms with van der Waals surface area (Å²) in [5.41, 5.74) is 0. The van der Waals surface area contributed by atoms with E-state index in [4.69, 9.17) is 4.74 Å². The van der Waals surface area contributed by atoms with Gasteiger partial charge in [-0.05, 0) is 26.7 Å². The fraction of sp³-hybridized carbons (Fsp3) is 0.786. The maximum absolute atomic E-state index is 12.0. The molecule has 6 heteroatoms. The molecular formula is C14H23NO5. The molecule has 0 bridgehead atoms. The van der Waals surface area contributed by atoms with E-state index in [1.165, 1.54) is 14.0 Å². The number of carbonyl (C=O) groups excluding carboxylic acids is 3. The molecule has 0 unspecified atom stereocenters. The summed E-state index contributed by atoms with van der Waals surface area (Å²) in [4.78, 5) is 36.3. The Hall–Kier alpha value is -1.59. The summed E-state index contributed by atoms with van der Waals surface area (Å²) in [6.45, 7) is 6.04.